The molecule has 0 aromatic rings. The third kappa shape index (κ3) is 2.44. The van der Waals surface area contributed by atoms with Crippen molar-refractivity contribution < 1.29 is 9.84 Å². The Bertz CT molecular complexity index is 130. The maximum atomic E-state index is 8.76. The first-order valence-corrected chi connectivity index (χ1v) is 4.64. The fourth-order valence-electron chi connectivity index (χ4n) is 1.75. The van der Waals surface area contributed by atoms with Gasteiger partial charge in [0.15, 0.2) is 0 Å². The van der Waals surface area contributed by atoms with E-state index in [0.717, 1.165) is 19.6 Å². The summed E-state index contributed by atoms with van der Waals surface area (Å²) in [4.78, 5) is 2.26. The summed E-state index contributed by atoms with van der Waals surface area (Å²) in [6.07, 6.45) is 1.53. The van der Waals surface area contributed by atoms with E-state index in [4.69, 9.17) is 9.84 Å². The molecule has 0 spiro atoms. The summed E-state index contributed by atoms with van der Waals surface area (Å²) in [5.41, 5.74) is 0. The summed E-state index contributed by atoms with van der Waals surface area (Å²) >= 11 is 0. The average Bonchev–Trinajstić information content (AvgIpc) is 2.09. The highest BCUT2D eigenvalue weighted by Crippen LogP contribution is 2.18. The van der Waals surface area contributed by atoms with Gasteiger partial charge in [-0.1, -0.05) is 6.92 Å². The SMILES string of the molecule is COC1CN(CCO)CC[C@@H]1C. The van der Waals surface area contributed by atoms with Gasteiger partial charge in [-0.3, -0.25) is 4.90 Å². The second-order valence-electron chi connectivity index (χ2n) is 3.56. The summed E-state index contributed by atoms with van der Waals surface area (Å²) in [6.45, 7) is 5.33. The first-order chi connectivity index (χ1) is 5.77. The number of methoxy groups -OCH3 is 1. The number of β-amino-alcohol motifs (C(OH)–C–C–N with tert-alkyl or cyclic N) is 1. The van der Waals surface area contributed by atoms with Gasteiger partial charge in [0, 0.05) is 20.2 Å². The molecule has 0 amide bonds. The molecule has 0 aromatic carbocycles. The number of piperidine rings is 1. The zero-order valence-corrected chi connectivity index (χ0v) is 7.99. The van der Waals surface area contributed by atoms with E-state index in [9.17, 15) is 0 Å². The smallest absolute Gasteiger partial charge is 0.0724 e. The molecule has 0 aliphatic carbocycles. The minimum Gasteiger partial charge on any atom is -0.395 e. The largest absolute Gasteiger partial charge is 0.395 e. The topological polar surface area (TPSA) is 32.7 Å². The third-order valence-electron chi connectivity index (χ3n) is 2.69. The van der Waals surface area contributed by atoms with Crippen LogP contribution in [0.5, 0.6) is 0 Å². The van der Waals surface area contributed by atoms with Gasteiger partial charge >= 0.3 is 0 Å². The second-order valence-corrected chi connectivity index (χ2v) is 3.56. The van der Waals surface area contributed by atoms with E-state index in [-0.39, 0.29) is 6.61 Å². The molecule has 0 aromatic heterocycles. The molecular formula is C9H19NO2. The average molecular weight is 173 g/mol. The van der Waals surface area contributed by atoms with Crippen LogP contribution in [0.1, 0.15) is 13.3 Å². The van der Waals surface area contributed by atoms with Gasteiger partial charge in [-0.05, 0) is 18.9 Å². The number of aliphatic hydroxyl groups is 1. The minimum atomic E-state index is 0.255. The van der Waals surface area contributed by atoms with E-state index in [1.165, 1.54) is 6.42 Å². The van der Waals surface area contributed by atoms with Crippen molar-refractivity contribution >= 4 is 0 Å². The van der Waals surface area contributed by atoms with Gasteiger partial charge in [0.1, 0.15) is 0 Å². The van der Waals surface area contributed by atoms with E-state index < -0.39 is 0 Å². The summed E-state index contributed by atoms with van der Waals surface area (Å²) in [7, 11) is 1.77. The van der Waals surface area contributed by atoms with Gasteiger partial charge in [-0.2, -0.15) is 0 Å². The summed E-state index contributed by atoms with van der Waals surface area (Å²) in [5.74, 6) is 0.657. The number of aliphatic hydroxyl groups excluding tert-OH is 1. The van der Waals surface area contributed by atoms with Gasteiger partial charge in [0.05, 0.1) is 12.7 Å². The summed E-state index contributed by atoms with van der Waals surface area (Å²) in [5, 5.41) is 8.76. The highest BCUT2D eigenvalue weighted by atomic mass is 16.5. The van der Waals surface area contributed by atoms with Gasteiger partial charge in [0.25, 0.3) is 0 Å². The monoisotopic (exact) mass is 173 g/mol. The lowest BCUT2D eigenvalue weighted by Crippen LogP contribution is -2.44. The standard InChI is InChI=1S/C9H19NO2/c1-8-3-4-10(5-6-11)7-9(8)12-2/h8-9,11H,3-7H2,1-2H3/t8-,9?/m0/s1. The maximum absolute atomic E-state index is 8.76. The quantitative estimate of drug-likeness (QED) is 0.668. The maximum Gasteiger partial charge on any atom is 0.0724 e. The number of rotatable bonds is 3. The van der Waals surface area contributed by atoms with Gasteiger partial charge in [0.2, 0.25) is 0 Å². The van der Waals surface area contributed by atoms with E-state index >= 15 is 0 Å². The fraction of sp³-hybridized carbons (Fsp3) is 1.00. The molecule has 1 saturated heterocycles. The van der Waals surface area contributed by atoms with E-state index in [1.54, 1.807) is 7.11 Å². The molecule has 3 nitrogen and oxygen atoms in total. The molecule has 2 atom stereocenters. The van der Waals surface area contributed by atoms with Crippen LogP contribution in [0.25, 0.3) is 0 Å². The zero-order chi connectivity index (χ0) is 8.97. The van der Waals surface area contributed by atoms with E-state index in [0.29, 0.717) is 12.0 Å². The number of likely N-dealkylation sites (tertiary alicyclic amines) is 1. The molecule has 3 heteroatoms. The molecule has 0 saturated carbocycles. The van der Waals surface area contributed by atoms with Crippen LogP contribution in [0.3, 0.4) is 0 Å². The van der Waals surface area contributed by atoms with Crippen LogP contribution in [-0.4, -0.2) is 49.5 Å². The molecule has 1 aliphatic rings. The second kappa shape index (κ2) is 4.80. The molecule has 1 fully saturated rings. The van der Waals surface area contributed by atoms with Crippen LogP contribution in [0.15, 0.2) is 0 Å². The number of hydrogen-bond donors (Lipinski definition) is 1. The van der Waals surface area contributed by atoms with Crippen molar-refractivity contribution in [1.29, 1.82) is 0 Å². The van der Waals surface area contributed by atoms with E-state index in [2.05, 4.69) is 11.8 Å². The lowest BCUT2D eigenvalue weighted by atomic mass is 9.96. The first kappa shape index (κ1) is 9.96. The predicted octanol–water partition coefficient (Wildman–Crippen LogP) is 0.335. The van der Waals surface area contributed by atoms with Crippen molar-refractivity contribution in [3.63, 3.8) is 0 Å². The normalized spacial score (nSPS) is 32.2. The Morgan fingerprint density at radius 1 is 1.58 bits per heavy atom. The Hall–Kier alpha value is -0.120. The molecule has 1 aliphatic heterocycles. The van der Waals surface area contributed by atoms with Crippen LogP contribution >= 0.6 is 0 Å². The minimum absolute atomic E-state index is 0.255. The van der Waals surface area contributed by atoms with Gasteiger partial charge < -0.3 is 9.84 Å². The number of hydrogen-bond acceptors (Lipinski definition) is 3. The Morgan fingerprint density at radius 3 is 2.92 bits per heavy atom. The third-order valence-corrected chi connectivity index (χ3v) is 2.69. The van der Waals surface area contributed by atoms with Crippen LogP contribution in [0, 0.1) is 5.92 Å². The molecule has 72 valence electrons. The van der Waals surface area contributed by atoms with Crippen molar-refractivity contribution in [1.82, 2.24) is 4.90 Å². The van der Waals surface area contributed by atoms with Crippen LogP contribution < -0.4 is 0 Å². The van der Waals surface area contributed by atoms with Crippen LogP contribution in [0.4, 0.5) is 0 Å². The van der Waals surface area contributed by atoms with Crippen LogP contribution in [-0.2, 0) is 4.74 Å². The number of ether oxygens (including phenoxy) is 1. The van der Waals surface area contributed by atoms with Gasteiger partial charge in [-0.15, -0.1) is 0 Å². The molecular weight excluding hydrogens is 154 g/mol. The highest BCUT2D eigenvalue weighted by Gasteiger charge is 2.25. The predicted molar refractivity (Wildman–Crippen MR) is 48.1 cm³/mol. The molecule has 0 bridgehead atoms. The van der Waals surface area contributed by atoms with Crippen molar-refractivity contribution in [2.24, 2.45) is 5.92 Å². The zero-order valence-electron chi connectivity index (χ0n) is 7.99. The Kier molecular flexibility index (Phi) is 3.98. The molecule has 1 unspecified atom stereocenters. The van der Waals surface area contributed by atoms with E-state index in [1.807, 2.05) is 0 Å². The van der Waals surface area contributed by atoms with Crippen molar-refractivity contribution in [2.45, 2.75) is 19.4 Å². The molecule has 12 heavy (non-hydrogen) atoms. The molecule has 1 rings (SSSR count). The van der Waals surface area contributed by atoms with Crippen molar-refractivity contribution in [3.8, 4) is 0 Å². The van der Waals surface area contributed by atoms with Crippen molar-refractivity contribution in [2.75, 3.05) is 33.4 Å². The lowest BCUT2D eigenvalue weighted by Gasteiger charge is -2.35. The number of nitrogens with zero attached hydrogens (tertiary/aromatic N) is 1. The Morgan fingerprint density at radius 2 is 2.33 bits per heavy atom. The molecule has 1 N–H and O–H groups in total. The fourth-order valence-corrected chi connectivity index (χ4v) is 1.75. The Labute approximate surface area is 74.3 Å². The highest BCUT2D eigenvalue weighted by molar-refractivity contribution is 4.77. The first-order valence-electron chi connectivity index (χ1n) is 4.64. The Balaban J connectivity index is 2.33. The van der Waals surface area contributed by atoms with Crippen molar-refractivity contribution in [3.05, 3.63) is 0 Å². The molecule has 0 radical (unpaired) electrons. The summed E-state index contributed by atoms with van der Waals surface area (Å²) < 4.78 is 5.36. The lowest BCUT2D eigenvalue weighted by molar-refractivity contribution is -0.00878. The van der Waals surface area contributed by atoms with Crippen LogP contribution in [0.2, 0.25) is 0 Å². The van der Waals surface area contributed by atoms with Gasteiger partial charge in [-0.25, -0.2) is 0 Å². The molecule has 1 heterocycles. The summed E-state index contributed by atoms with van der Waals surface area (Å²) in [6, 6.07) is 0.